The highest BCUT2D eigenvalue weighted by Gasteiger charge is 2.24. The Labute approximate surface area is 317 Å². The van der Waals surface area contributed by atoms with Gasteiger partial charge in [-0.1, -0.05) is 18.2 Å². The molecule has 9 rings (SSSR count). The van der Waals surface area contributed by atoms with Crippen LogP contribution in [0.15, 0.2) is 77.2 Å². The maximum Gasteiger partial charge on any atom is 0.255 e. The largest absolute Gasteiger partial charge is 0.473 e. The summed E-state index contributed by atoms with van der Waals surface area (Å²) in [4.78, 5) is 25.7. The van der Waals surface area contributed by atoms with E-state index in [0.29, 0.717) is 34.8 Å². The molecule has 0 bridgehead atoms. The normalized spacial score (nSPS) is 16.0. The number of benzene rings is 3. The van der Waals surface area contributed by atoms with Gasteiger partial charge in [-0.05, 0) is 93.3 Å². The Balaban J connectivity index is 0.894. The number of fused-ring (bicyclic) bond motifs is 3. The molecule has 276 valence electrons. The zero-order chi connectivity index (χ0) is 37.6. The molecule has 0 spiro atoms. The Kier molecular flexibility index (Phi) is 8.88. The monoisotopic (exact) mass is 732 g/mol. The van der Waals surface area contributed by atoms with Crippen molar-refractivity contribution in [2.24, 2.45) is 0 Å². The topological polar surface area (TPSA) is 147 Å². The lowest BCUT2D eigenvalue weighted by molar-refractivity contribution is -0.0591. The Morgan fingerprint density at radius 3 is 2.76 bits per heavy atom. The maximum absolute atomic E-state index is 13.4. The van der Waals surface area contributed by atoms with Gasteiger partial charge in [-0.25, -0.2) is 9.97 Å². The molecule has 2 N–H and O–H groups in total. The molecule has 3 aromatic carbocycles. The molecule has 55 heavy (non-hydrogen) atoms. The van der Waals surface area contributed by atoms with E-state index in [1.165, 1.54) is 5.57 Å². The van der Waals surface area contributed by atoms with E-state index in [-0.39, 0.29) is 18.6 Å². The number of carbonyl (C=O) groups is 1. The summed E-state index contributed by atoms with van der Waals surface area (Å²) < 4.78 is 20.2. The van der Waals surface area contributed by atoms with Crippen molar-refractivity contribution in [3.8, 4) is 11.9 Å². The molecule has 0 radical (unpaired) electrons. The predicted octanol–water partition coefficient (Wildman–Crippen LogP) is 7.76. The van der Waals surface area contributed by atoms with Gasteiger partial charge < -0.3 is 23.8 Å². The van der Waals surface area contributed by atoms with E-state index in [4.69, 9.17) is 23.9 Å². The first-order valence-corrected chi connectivity index (χ1v) is 18.6. The molecule has 2 aliphatic rings. The third kappa shape index (κ3) is 6.73. The lowest BCUT2D eigenvalue weighted by Crippen LogP contribution is -2.33. The molecule has 0 unspecified atom stereocenters. The number of aromatic amines is 1. The first kappa shape index (κ1) is 34.5. The second-order valence-electron chi connectivity index (χ2n) is 14.5. The zero-order valence-corrected chi connectivity index (χ0v) is 31.0. The van der Waals surface area contributed by atoms with Gasteiger partial charge in [0.05, 0.1) is 53.1 Å². The number of nitrogens with zero attached hydrogens (tertiary/aromatic N) is 6. The Morgan fingerprint density at radius 1 is 1.07 bits per heavy atom. The minimum Gasteiger partial charge on any atom is -0.473 e. The second-order valence-corrected chi connectivity index (χ2v) is 14.5. The van der Waals surface area contributed by atoms with E-state index in [2.05, 4.69) is 37.1 Å². The number of furan rings is 1. The average molecular weight is 733 g/mol. The van der Waals surface area contributed by atoms with Crippen LogP contribution >= 0.6 is 0 Å². The number of nitriles is 1. The van der Waals surface area contributed by atoms with Crippen molar-refractivity contribution in [1.29, 1.82) is 5.26 Å². The summed E-state index contributed by atoms with van der Waals surface area (Å²) in [6, 6.07) is 23.4. The molecule has 0 aliphatic carbocycles. The minimum absolute atomic E-state index is 0.166. The number of aromatic nitrogens is 5. The standard InChI is InChI=1S/C43H40N8O4/c1-25-17-31(19-34-27(3)48-49-41(25)34)43(52)45-32-9-10-38-37(20-32)46-39(51(38)22-33-13-16-53-33)23-50-14-11-28(12-15-50)36-5-4-6-40(47-36)54-24-30-8-7-29(21-44)35-18-26(2)55-42(30)35/h4-11,17-20,33H,12-16,22-24H2,1-3H3,(H,45,52)(H,48,49)/t33-/m0/s1. The molecule has 2 aliphatic heterocycles. The number of ether oxygens (including phenoxy) is 2. The summed E-state index contributed by atoms with van der Waals surface area (Å²) in [5, 5.41) is 21.7. The molecule has 1 atom stereocenters. The SMILES string of the molecule is Cc1cc2c(C#N)ccc(COc3cccc(C4=CCN(Cc5nc6cc(NC(=O)c7cc(C)c8n[nH]c(C)c8c7)ccc6n5C[C@@H]5CCO5)CC4)n3)c2o1. The van der Waals surface area contributed by atoms with Crippen molar-refractivity contribution < 1.29 is 18.7 Å². The van der Waals surface area contributed by atoms with Gasteiger partial charge in [0.15, 0.2) is 0 Å². The van der Waals surface area contributed by atoms with Gasteiger partial charge in [0.1, 0.15) is 23.8 Å². The molecule has 7 aromatic rings. The number of amides is 1. The fourth-order valence-electron chi connectivity index (χ4n) is 7.59. The maximum atomic E-state index is 13.4. The van der Waals surface area contributed by atoms with Crippen LogP contribution in [0.3, 0.4) is 0 Å². The molecule has 12 nitrogen and oxygen atoms in total. The number of hydrogen-bond donors (Lipinski definition) is 2. The Bertz CT molecular complexity index is 2690. The van der Waals surface area contributed by atoms with Gasteiger partial charge in [-0.2, -0.15) is 10.4 Å². The number of anilines is 1. The van der Waals surface area contributed by atoms with E-state index in [1.54, 1.807) is 6.07 Å². The third-order valence-electron chi connectivity index (χ3n) is 10.7. The van der Waals surface area contributed by atoms with Crippen LogP contribution in [0.5, 0.6) is 5.88 Å². The van der Waals surface area contributed by atoms with Crippen molar-refractivity contribution >= 4 is 50.1 Å². The highest BCUT2D eigenvalue weighted by molar-refractivity contribution is 6.07. The van der Waals surface area contributed by atoms with Crippen molar-refractivity contribution in [3.63, 3.8) is 0 Å². The predicted molar refractivity (Wildman–Crippen MR) is 210 cm³/mol. The average Bonchev–Trinajstić information content (AvgIpc) is 3.86. The van der Waals surface area contributed by atoms with Crippen LogP contribution in [0.2, 0.25) is 0 Å². The van der Waals surface area contributed by atoms with Crippen LogP contribution in [0.25, 0.3) is 38.5 Å². The highest BCUT2D eigenvalue weighted by atomic mass is 16.5. The van der Waals surface area contributed by atoms with Crippen LogP contribution in [0.1, 0.15) is 62.9 Å². The fourth-order valence-corrected chi connectivity index (χ4v) is 7.59. The third-order valence-corrected chi connectivity index (χ3v) is 10.7. The van der Waals surface area contributed by atoms with Gasteiger partial charge in [-0.15, -0.1) is 0 Å². The van der Waals surface area contributed by atoms with E-state index >= 15 is 0 Å². The summed E-state index contributed by atoms with van der Waals surface area (Å²) in [5.74, 6) is 2.09. The van der Waals surface area contributed by atoms with E-state index in [0.717, 1.165) is 101 Å². The smallest absolute Gasteiger partial charge is 0.255 e. The molecular weight excluding hydrogens is 693 g/mol. The Hall–Kier alpha value is -6.29. The minimum atomic E-state index is -0.174. The molecular formula is C43H40N8O4. The molecule has 12 heteroatoms. The molecule has 0 saturated carbocycles. The van der Waals surface area contributed by atoms with Crippen molar-refractivity contribution in [1.82, 2.24) is 29.6 Å². The molecule has 1 amide bonds. The van der Waals surface area contributed by atoms with Crippen molar-refractivity contribution in [2.45, 2.75) is 59.4 Å². The zero-order valence-electron chi connectivity index (χ0n) is 31.0. The van der Waals surface area contributed by atoms with E-state index in [9.17, 15) is 10.1 Å². The number of pyridine rings is 1. The molecule has 6 heterocycles. The Morgan fingerprint density at radius 2 is 1.96 bits per heavy atom. The number of imidazole rings is 1. The van der Waals surface area contributed by atoms with E-state index < -0.39 is 0 Å². The van der Waals surface area contributed by atoms with Crippen molar-refractivity contribution in [3.05, 3.63) is 118 Å². The number of hydrogen-bond acceptors (Lipinski definition) is 9. The molecule has 1 saturated heterocycles. The van der Waals surface area contributed by atoms with Crippen LogP contribution in [-0.4, -0.2) is 61.3 Å². The van der Waals surface area contributed by atoms with Gasteiger partial charge in [0, 0.05) is 59.0 Å². The fraction of sp³-hybridized carbons (Fsp3) is 0.279. The summed E-state index contributed by atoms with van der Waals surface area (Å²) in [7, 11) is 0. The van der Waals surface area contributed by atoms with Crippen LogP contribution in [-0.2, 0) is 24.4 Å². The lowest BCUT2D eigenvalue weighted by atomic mass is 10.0. The van der Waals surface area contributed by atoms with Gasteiger partial charge in [0.25, 0.3) is 5.91 Å². The van der Waals surface area contributed by atoms with E-state index in [1.807, 2.05) is 81.4 Å². The first-order chi connectivity index (χ1) is 26.8. The van der Waals surface area contributed by atoms with Crippen LogP contribution in [0.4, 0.5) is 5.69 Å². The summed E-state index contributed by atoms with van der Waals surface area (Å²) in [6.45, 7) is 9.89. The number of H-pyrrole nitrogens is 1. The van der Waals surface area contributed by atoms with Crippen molar-refractivity contribution in [2.75, 3.05) is 25.0 Å². The number of carbonyl (C=O) groups excluding carboxylic acids is 1. The van der Waals surface area contributed by atoms with Gasteiger partial charge in [-0.3, -0.25) is 14.8 Å². The second kappa shape index (κ2) is 14.2. The summed E-state index contributed by atoms with van der Waals surface area (Å²) >= 11 is 0. The molecule has 4 aromatic heterocycles. The number of nitrogens with one attached hydrogen (secondary N) is 2. The van der Waals surface area contributed by atoms with Crippen LogP contribution in [0, 0.1) is 32.1 Å². The number of rotatable bonds is 10. The first-order valence-electron chi connectivity index (χ1n) is 18.6. The summed E-state index contributed by atoms with van der Waals surface area (Å²) in [6.07, 6.45) is 4.27. The molecule has 1 fully saturated rings. The quantitative estimate of drug-likeness (QED) is 0.144. The lowest BCUT2D eigenvalue weighted by Gasteiger charge is -2.29. The summed E-state index contributed by atoms with van der Waals surface area (Å²) in [5.41, 5.74) is 10.1. The highest BCUT2D eigenvalue weighted by Crippen LogP contribution is 2.30. The number of aryl methyl sites for hydroxylation is 3. The van der Waals surface area contributed by atoms with Gasteiger partial charge >= 0.3 is 0 Å². The van der Waals surface area contributed by atoms with Gasteiger partial charge in [0.2, 0.25) is 5.88 Å². The van der Waals surface area contributed by atoms with Crippen LogP contribution < -0.4 is 10.1 Å².